The van der Waals surface area contributed by atoms with E-state index in [9.17, 15) is 4.79 Å². The Bertz CT molecular complexity index is 512. The van der Waals surface area contributed by atoms with Crippen molar-refractivity contribution in [1.82, 2.24) is 10.6 Å². The molecule has 23 heavy (non-hydrogen) atoms. The maximum Gasteiger partial charge on any atom is 0.229 e. The van der Waals surface area contributed by atoms with Crippen LogP contribution in [0.4, 0.5) is 5.69 Å². The van der Waals surface area contributed by atoms with E-state index in [-0.39, 0.29) is 35.9 Å². The van der Waals surface area contributed by atoms with E-state index in [1.165, 1.54) is 0 Å². The summed E-state index contributed by atoms with van der Waals surface area (Å²) in [6.45, 7) is 1.57. The lowest BCUT2D eigenvalue weighted by Gasteiger charge is -2.19. The van der Waals surface area contributed by atoms with Crippen molar-refractivity contribution in [2.45, 2.75) is 18.9 Å². The van der Waals surface area contributed by atoms with Gasteiger partial charge in [-0.1, -0.05) is 18.2 Å². The molecule has 2 N–H and O–H groups in total. The molecule has 1 amide bonds. The number of anilines is 1. The molecule has 2 rings (SSSR count). The molecule has 1 aliphatic heterocycles. The quantitative estimate of drug-likeness (QED) is 0.304. The van der Waals surface area contributed by atoms with Crippen molar-refractivity contribution in [3.63, 3.8) is 0 Å². The standard InChI is InChI=1S/C16H24N4OS.HI/c1-17-16(18-9-6-10-22-2)19-13-11-15(21)20(12-13)14-7-4-3-5-8-14;/h3-5,7-8,13H,6,9-12H2,1-2H3,(H2,17,18,19);1H. The van der Waals surface area contributed by atoms with Crippen LogP contribution in [0.5, 0.6) is 0 Å². The van der Waals surface area contributed by atoms with Gasteiger partial charge in [0, 0.05) is 32.2 Å². The normalized spacial score (nSPS) is 17.8. The van der Waals surface area contributed by atoms with Crippen LogP contribution in [-0.4, -0.2) is 50.1 Å². The number of hydrogen-bond acceptors (Lipinski definition) is 3. The molecule has 1 atom stereocenters. The SMILES string of the molecule is CN=C(NCCCSC)NC1CC(=O)N(c2ccccc2)C1.I. The van der Waals surface area contributed by atoms with Crippen LogP contribution in [0.25, 0.3) is 0 Å². The van der Waals surface area contributed by atoms with Gasteiger partial charge in [-0.2, -0.15) is 11.8 Å². The average Bonchev–Trinajstić information content (AvgIpc) is 2.91. The number of nitrogens with zero attached hydrogens (tertiary/aromatic N) is 2. The van der Waals surface area contributed by atoms with Gasteiger partial charge in [0.05, 0.1) is 6.04 Å². The molecule has 1 unspecified atom stereocenters. The monoisotopic (exact) mass is 448 g/mol. The summed E-state index contributed by atoms with van der Waals surface area (Å²) in [4.78, 5) is 18.2. The molecule has 1 saturated heterocycles. The van der Waals surface area contributed by atoms with Crippen molar-refractivity contribution in [1.29, 1.82) is 0 Å². The van der Waals surface area contributed by atoms with Crippen molar-refractivity contribution >= 4 is 53.3 Å². The highest BCUT2D eigenvalue weighted by molar-refractivity contribution is 14.0. The van der Waals surface area contributed by atoms with Crippen LogP contribution in [0.2, 0.25) is 0 Å². The predicted octanol–water partition coefficient (Wildman–Crippen LogP) is 2.33. The van der Waals surface area contributed by atoms with Crippen LogP contribution < -0.4 is 15.5 Å². The van der Waals surface area contributed by atoms with Crippen molar-refractivity contribution in [3.8, 4) is 0 Å². The van der Waals surface area contributed by atoms with Crippen LogP contribution in [0.15, 0.2) is 35.3 Å². The van der Waals surface area contributed by atoms with E-state index < -0.39 is 0 Å². The minimum atomic E-state index is 0. The number of rotatable bonds is 6. The Balaban J connectivity index is 0.00000264. The molecular formula is C16H25IN4OS. The summed E-state index contributed by atoms with van der Waals surface area (Å²) in [5.74, 6) is 2.06. The van der Waals surface area contributed by atoms with Gasteiger partial charge in [0.15, 0.2) is 5.96 Å². The summed E-state index contributed by atoms with van der Waals surface area (Å²) in [7, 11) is 1.76. The second-order valence-corrected chi connectivity index (χ2v) is 6.22. The van der Waals surface area contributed by atoms with Gasteiger partial charge in [0.2, 0.25) is 5.91 Å². The lowest BCUT2D eigenvalue weighted by Crippen LogP contribution is -2.44. The summed E-state index contributed by atoms with van der Waals surface area (Å²) in [6.07, 6.45) is 3.71. The first kappa shape index (κ1) is 20.1. The Kier molecular flexibility index (Phi) is 9.39. The summed E-state index contributed by atoms with van der Waals surface area (Å²) >= 11 is 1.84. The van der Waals surface area contributed by atoms with E-state index in [1.54, 1.807) is 7.05 Å². The van der Waals surface area contributed by atoms with Crippen LogP contribution in [0, 0.1) is 0 Å². The number of hydrogen-bond donors (Lipinski definition) is 2. The fourth-order valence-electron chi connectivity index (χ4n) is 2.47. The Morgan fingerprint density at radius 2 is 2.13 bits per heavy atom. The highest BCUT2D eigenvalue weighted by Gasteiger charge is 2.30. The number of carbonyl (C=O) groups is 1. The molecule has 0 spiro atoms. The van der Waals surface area contributed by atoms with Gasteiger partial charge in [0.1, 0.15) is 0 Å². The zero-order valence-corrected chi connectivity index (χ0v) is 16.8. The van der Waals surface area contributed by atoms with Crippen molar-refractivity contribution in [2.24, 2.45) is 4.99 Å². The maximum atomic E-state index is 12.2. The molecule has 0 saturated carbocycles. The van der Waals surface area contributed by atoms with Gasteiger partial charge in [-0.25, -0.2) is 0 Å². The third-order valence-corrected chi connectivity index (χ3v) is 4.27. The van der Waals surface area contributed by atoms with Crippen molar-refractivity contribution in [2.75, 3.05) is 37.0 Å². The number of para-hydroxylation sites is 1. The second kappa shape index (κ2) is 10.7. The molecule has 0 aliphatic carbocycles. The zero-order chi connectivity index (χ0) is 15.8. The molecule has 0 bridgehead atoms. The molecule has 128 valence electrons. The fraction of sp³-hybridized carbons (Fsp3) is 0.500. The molecule has 1 aromatic rings. The molecule has 1 fully saturated rings. The Labute approximate surface area is 159 Å². The van der Waals surface area contributed by atoms with E-state index in [1.807, 2.05) is 47.0 Å². The van der Waals surface area contributed by atoms with E-state index in [4.69, 9.17) is 0 Å². The maximum absolute atomic E-state index is 12.2. The third-order valence-electron chi connectivity index (χ3n) is 3.58. The van der Waals surface area contributed by atoms with Gasteiger partial charge >= 0.3 is 0 Å². The Morgan fingerprint density at radius 3 is 2.78 bits per heavy atom. The van der Waals surface area contributed by atoms with Crippen LogP contribution in [-0.2, 0) is 4.79 Å². The number of guanidine groups is 1. The van der Waals surface area contributed by atoms with E-state index >= 15 is 0 Å². The predicted molar refractivity (Wildman–Crippen MR) is 110 cm³/mol. The summed E-state index contributed by atoms with van der Waals surface area (Å²) in [5.41, 5.74) is 0.958. The summed E-state index contributed by atoms with van der Waals surface area (Å²) in [6, 6.07) is 9.90. The first-order valence-corrected chi connectivity index (χ1v) is 8.95. The molecule has 5 nitrogen and oxygen atoms in total. The summed E-state index contributed by atoms with van der Waals surface area (Å²) in [5, 5.41) is 6.64. The molecule has 1 aliphatic rings. The van der Waals surface area contributed by atoms with Crippen molar-refractivity contribution in [3.05, 3.63) is 30.3 Å². The molecule has 0 radical (unpaired) electrons. The lowest BCUT2D eigenvalue weighted by molar-refractivity contribution is -0.117. The minimum Gasteiger partial charge on any atom is -0.356 e. The first-order valence-electron chi connectivity index (χ1n) is 7.56. The topological polar surface area (TPSA) is 56.7 Å². The van der Waals surface area contributed by atoms with E-state index in [0.29, 0.717) is 13.0 Å². The van der Waals surface area contributed by atoms with Gasteiger partial charge in [-0.15, -0.1) is 24.0 Å². The number of carbonyl (C=O) groups excluding carboxylic acids is 1. The van der Waals surface area contributed by atoms with Crippen LogP contribution in [0.3, 0.4) is 0 Å². The lowest BCUT2D eigenvalue weighted by atomic mass is 10.2. The first-order chi connectivity index (χ1) is 10.7. The number of aliphatic imine (C=N–C) groups is 1. The largest absolute Gasteiger partial charge is 0.356 e. The number of benzene rings is 1. The highest BCUT2D eigenvalue weighted by Crippen LogP contribution is 2.20. The number of nitrogens with one attached hydrogen (secondary N) is 2. The molecule has 1 aromatic carbocycles. The number of thioether (sulfide) groups is 1. The molecule has 0 aromatic heterocycles. The van der Waals surface area contributed by atoms with E-state index in [2.05, 4.69) is 21.9 Å². The highest BCUT2D eigenvalue weighted by atomic mass is 127. The molecule has 1 heterocycles. The van der Waals surface area contributed by atoms with Gasteiger partial charge in [-0.05, 0) is 30.6 Å². The third kappa shape index (κ3) is 6.21. The zero-order valence-electron chi connectivity index (χ0n) is 13.6. The van der Waals surface area contributed by atoms with Gasteiger partial charge in [-0.3, -0.25) is 9.79 Å². The Morgan fingerprint density at radius 1 is 1.39 bits per heavy atom. The van der Waals surface area contributed by atoms with Gasteiger partial charge < -0.3 is 15.5 Å². The van der Waals surface area contributed by atoms with Crippen LogP contribution in [0.1, 0.15) is 12.8 Å². The van der Waals surface area contributed by atoms with Crippen molar-refractivity contribution < 1.29 is 4.79 Å². The molecule has 7 heteroatoms. The number of halogens is 1. The minimum absolute atomic E-state index is 0. The average molecular weight is 448 g/mol. The fourth-order valence-corrected chi connectivity index (χ4v) is 2.91. The molecular weight excluding hydrogens is 423 g/mol. The second-order valence-electron chi connectivity index (χ2n) is 5.23. The Hall–Kier alpha value is -0.960. The van der Waals surface area contributed by atoms with Crippen LogP contribution >= 0.6 is 35.7 Å². The smallest absolute Gasteiger partial charge is 0.229 e. The summed E-state index contributed by atoms with van der Waals surface area (Å²) < 4.78 is 0. The van der Waals surface area contributed by atoms with Gasteiger partial charge in [0.25, 0.3) is 0 Å². The van der Waals surface area contributed by atoms with E-state index in [0.717, 1.165) is 30.4 Å². The number of amides is 1.